The molecule has 3 N–H and O–H groups in total. The van der Waals surface area contributed by atoms with Gasteiger partial charge in [0.15, 0.2) is 5.69 Å². The number of carbonyl (C=O) groups is 1. The molecule has 0 spiro atoms. The van der Waals surface area contributed by atoms with Crippen molar-refractivity contribution >= 4 is 5.97 Å². The van der Waals surface area contributed by atoms with Crippen molar-refractivity contribution in [1.82, 2.24) is 9.55 Å². The van der Waals surface area contributed by atoms with Gasteiger partial charge in [0, 0.05) is 25.4 Å². The molecule has 0 radical (unpaired) electrons. The fourth-order valence-electron chi connectivity index (χ4n) is 2.24. The van der Waals surface area contributed by atoms with Crippen molar-refractivity contribution in [3.63, 3.8) is 0 Å². The van der Waals surface area contributed by atoms with Gasteiger partial charge in [-0.15, -0.1) is 0 Å². The highest BCUT2D eigenvalue weighted by molar-refractivity contribution is 5.87. The number of aromatic carboxylic acids is 1. The van der Waals surface area contributed by atoms with E-state index in [2.05, 4.69) is 11.9 Å². The predicted molar refractivity (Wildman–Crippen MR) is 59.5 cm³/mol. The number of aryl methyl sites for hydroxylation is 1. The second-order valence-corrected chi connectivity index (χ2v) is 4.28. The Bertz CT molecular complexity index is 412. The molecular formula is C11H17N3O2. The van der Waals surface area contributed by atoms with Crippen molar-refractivity contribution in [2.24, 2.45) is 5.73 Å². The van der Waals surface area contributed by atoms with Gasteiger partial charge >= 0.3 is 5.97 Å². The molecule has 0 aromatic carbocycles. The van der Waals surface area contributed by atoms with Gasteiger partial charge in [-0.2, -0.15) is 0 Å². The fraction of sp³-hybridized carbons (Fsp3) is 0.636. The number of carboxylic acid groups (broad SMARTS) is 1. The van der Waals surface area contributed by atoms with Gasteiger partial charge in [-0.1, -0.05) is 6.92 Å². The molecule has 88 valence electrons. The third-order valence-corrected chi connectivity index (χ3v) is 3.01. The van der Waals surface area contributed by atoms with Crippen molar-refractivity contribution in [2.75, 3.05) is 0 Å². The second kappa shape index (κ2) is 4.25. The number of nitrogens with two attached hydrogens (primary N) is 1. The first-order valence-corrected chi connectivity index (χ1v) is 5.70. The molecule has 0 bridgehead atoms. The highest BCUT2D eigenvalue weighted by Gasteiger charge is 2.26. The van der Waals surface area contributed by atoms with Gasteiger partial charge in [0.2, 0.25) is 0 Å². The Morgan fingerprint density at radius 2 is 2.44 bits per heavy atom. The molecule has 2 heterocycles. The Balaban J connectivity index is 2.44. The Morgan fingerprint density at radius 3 is 3.06 bits per heavy atom. The normalized spacial score (nSPS) is 19.5. The summed E-state index contributed by atoms with van der Waals surface area (Å²) in [5.41, 5.74) is 6.86. The van der Waals surface area contributed by atoms with Gasteiger partial charge in [0.1, 0.15) is 5.82 Å². The van der Waals surface area contributed by atoms with Crippen LogP contribution in [-0.2, 0) is 19.4 Å². The molecule has 0 amide bonds. The summed E-state index contributed by atoms with van der Waals surface area (Å²) in [5.74, 6) is -0.0537. The van der Waals surface area contributed by atoms with E-state index in [1.165, 1.54) is 0 Å². The quantitative estimate of drug-likeness (QED) is 0.794. The number of nitrogens with zero attached hydrogens (tertiary/aromatic N) is 2. The van der Waals surface area contributed by atoms with E-state index in [4.69, 9.17) is 10.8 Å². The minimum Gasteiger partial charge on any atom is -0.476 e. The minimum atomic E-state index is -0.944. The molecule has 1 aliphatic heterocycles. The van der Waals surface area contributed by atoms with E-state index in [0.29, 0.717) is 6.42 Å². The zero-order chi connectivity index (χ0) is 11.7. The Hall–Kier alpha value is -1.36. The van der Waals surface area contributed by atoms with E-state index in [1.54, 1.807) is 0 Å². The average Bonchev–Trinajstić information content (AvgIpc) is 2.57. The molecule has 5 nitrogen and oxygen atoms in total. The molecule has 1 atom stereocenters. The Kier molecular flexibility index (Phi) is 2.96. The standard InChI is InChI=1S/C11H17N3O2/c1-2-3-9-13-10(11(15)16)8-6-7(12)4-5-14(8)9/h7H,2-6,12H2,1H3,(H,15,16). The Labute approximate surface area is 94.3 Å². The zero-order valence-electron chi connectivity index (χ0n) is 9.44. The van der Waals surface area contributed by atoms with Gasteiger partial charge in [0.25, 0.3) is 0 Å². The lowest BCUT2D eigenvalue weighted by atomic mass is 10.0. The topological polar surface area (TPSA) is 81.1 Å². The predicted octanol–water partition coefficient (Wildman–Crippen LogP) is 0.807. The molecule has 0 aliphatic carbocycles. The van der Waals surface area contributed by atoms with Gasteiger partial charge < -0.3 is 15.4 Å². The number of aromatic nitrogens is 2. The lowest BCUT2D eigenvalue weighted by Gasteiger charge is -2.22. The third-order valence-electron chi connectivity index (χ3n) is 3.01. The van der Waals surface area contributed by atoms with Crippen LogP contribution in [0.1, 0.15) is 41.8 Å². The van der Waals surface area contributed by atoms with E-state index in [9.17, 15) is 4.79 Å². The summed E-state index contributed by atoms with van der Waals surface area (Å²) in [4.78, 5) is 15.3. The van der Waals surface area contributed by atoms with E-state index in [0.717, 1.165) is 37.3 Å². The molecule has 1 aromatic heterocycles. The van der Waals surface area contributed by atoms with Gasteiger partial charge in [-0.3, -0.25) is 0 Å². The molecule has 1 aliphatic rings. The number of fused-ring (bicyclic) bond motifs is 1. The number of imidazole rings is 1. The Morgan fingerprint density at radius 1 is 1.69 bits per heavy atom. The van der Waals surface area contributed by atoms with Gasteiger partial charge in [-0.25, -0.2) is 9.78 Å². The monoisotopic (exact) mass is 223 g/mol. The SMILES string of the molecule is CCCc1nc(C(=O)O)c2n1CCC(N)C2. The molecule has 0 saturated heterocycles. The number of hydrogen-bond acceptors (Lipinski definition) is 3. The third kappa shape index (κ3) is 1.82. The first kappa shape index (κ1) is 11.1. The number of carboxylic acids is 1. The highest BCUT2D eigenvalue weighted by Crippen LogP contribution is 2.21. The minimum absolute atomic E-state index is 0.0665. The summed E-state index contributed by atoms with van der Waals surface area (Å²) >= 11 is 0. The number of hydrogen-bond donors (Lipinski definition) is 2. The molecule has 0 fully saturated rings. The first-order chi connectivity index (χ1) is 7.63. The zero-order valence-corrected chi connectivity index (χ0v) is 9.44. The van der Waals surface area contributed by atoms with Crippen molar-refractivity contribution in [2.45, 2.75) is 45.2 Å². The summed E-state index contributed by atoms with van der Waals surface area (Å²) in [7, 11) is 0. The fourth-order valence-corrected chi connectivity index (χ4v) is 2.24. The van der Waals surface area contributed by atoms with Crippen LogP contribution >= 0.6 is 0 Å². The van der Waals surface area contributed by atoms with Crippen molar-refractivity contribution in [1.29, 1.82) is 0 Å². The summed E-state index contributed by atoms with van der Waals surface area (Å²) in [6, 6.07) is 0.0665. The lowest BCUT2D eigenvalue weighted by Crippen LogP contribution is -2.31. The van der Waals surface area contributed by atoms with Crippen LogP contribution in [0.2, 0.25) is 0 Å². The molecule has 16 heavy (non-hydrogen) atoms. The molecule has 2 rings (SSSR count). The average molecular weight is 223 g/mol. The van der Waals surface area contributed by atoms with E-state index >= 15 is 0 Å². The van der Waals surface area contributed by atoms with Crippen LogP contribution in [0.5, 0.6) is 0 Å². The molecular weight excluding hydrogens is 206 g/mol. The summed E-state index contributed by atoms with van der Waals surface area (Å²) < 4.78 is 2.04. The van der Waals surface area contributed by atoms with E-state index in [-0.39, 0.29) is 11.7 Å². The van der Waals surface area contributed by atoms with Crippen LogP contribution in [0.3, 0.4) is 0 Å². The smallest absolute Gasteiger partial charge is 0.356 e. The summed E-state index contributed by atoms with van der Waals surface area (Å²) in [5, 5.41) is 9.09. The number of rotatable bonds is 3. The highest BCUT2D eigenvalue weighted by atomic mass is 16.4. The van der Waals surface area contributed by atoms with Crippen molar-refractivity contribution in [3.8, 4) is 0 Å². The van der Waals surface area contributed by atoms with Crippen LogP contribution in [0.25, 0.3) is 0 Å². The van der Waals surface area contributed by atoms with Gasteiger partial charge in [-0.05, 0) is 12.8 Å². The van der Waals surface area contributed by atoms with Crippen molar-refractivity contribution < 1.29 is 9.90 Å². The van der Waals surface area contributed by atoms with Crippen LogP contribution in [-0.4, -0.2) is 26.7 Å². The maximum absolute atomic E-state index is 11.1. The van der Waals surface area contributed by atoms with E-state index < -0.39 is 5.97 Å². The molecule has 0 saturated carbocycles. The maximum Gasteiger partial charge on any atom is 0.356 e. The van der Waals surface area contributed by atoms with Crippen LogP contribution in [0.15, 0.2) is 0 Å². The first-order valence-electron chi connectivity index (χ1n) is 5.70. The maximum atomic E-state index is 11.1. The summed E-state index contributed by atoms with van der Waals surface area (Å²) in [6.45, 7) is 2.86. The van der Waals surface area contributed by atoms with Crippen LogP contribution in [0, 0.1) is 0 Å². The molecule has 1 aromatic rings. The molecule has 1 unspecified atom stereocenters. The van der Waals surface area contributed by atoms with E-state index in [1.807, 2.05) is 4.57 Å². The second-order valence-electron chi connectivity index (χ2n) is 4.28. The largest absolute Gasteiger partial charge is 0.476 e. The lowest BCUT2D eigenvalue weighted by molar-refractivity contribution is 0.0689. The van der Waals surface area contributed by atoms with Crippen LogP contribution in [0.4, 0.5) is 0 Å². The van der Waals surface area contributed by atoms with Crippen LogP contribution < -0.4 is 5.73 Å². The van der Waals surface area contributed by atoms with Crippen molar-refractivity contribution in [3.05, 3.63) is 17.2 Å². The van der Waals surface area contributed by atoms with Gasteiger partial charge in [0.05, 0.1) is 5.69 Å². The molecule has 5 heteroatoms. The summed E-state index contributed by atoms with van der Waals surface area (Å²) in [6.07, 6.45) is 3.33.